The summed E-state index contributed by atoms with van der Waals surface area (Å²) in [7, 11) is 0. The fourth-order valence-electron chi connectivity index (χ4n) is 2.14. The van der Waals surface area contributed by atoms with Gasteiger partial charge < -0.3 is 14.8 Å². The molecule has 0 aromatic heterocycles. The van der Waals surface area contributed by atoms with Crippen molar-refractivity contribution in [1.29, 1.82) is 0 Å². The quantitative estimate of drug-likeness (QED) is 0.899. The number of hydrogen-bond acceptors (Lipinski definition) is 4. The van der Waals surface area contributed by atoms with E-state index < -0.39 is 12.7 Å². The van der Waals surface area contributed by atoms with Crippen molar-refractivity contribution in [2.45, 2.75) is 19.6 Å². The highest BCUT2D eigenvalue weighted by Gasteiger charge is 2.26. The molecule has 1 N–H and O–H groups in total. The Morgan fingerprint density at radius 1 is 1.59 bits per heavy atom. The SMILES string of the molecule is CCN1CCO[C@@H](C(=O)Nc2ccc(Cl)c(OC(F)F)c2)C1. The molecule has 1 amide bonds. The minimum absolute atomic E-state index is 0.0457. The van der Waals surface area contributed by atoms with Crippen LogP contribution in [0.3, 0.4) is 0 Å². The number of morpholine rings is 1. The number of carbonyl (C=O) groups is 1. The highest BCUT2D eigenvalue weighted by atomic mass is 35.5. The molecule has 8 heteroatoms. The lowest BCUT2D eigenvalue weighted by atomic mass is 10.2. The Morgan fingerprint density at radius 2 is 2.36 bits per heavy atom. The fourth-order valence-corrected chi connectivity index (χ4v) is 2.30. The maximum absolute atomic E-state index is 12.3. The lowest BCUT2D eigenvalue weighted by molar-refractivity contribution is -0.132. The highest BCUT2D eigenvalue weighted by molar-refractivity contribution is 6.32. The zero-order valence-corrected chi connectivity index (χ0v) is 12.8. The molecule has 1 fully saturated rings. The van der Waals surface area contributed by atoms with Crippen molar-refractivity contribution in [3.05, 3.63) is 23.2 Å². The van der Waals surface area contributed by atoms with E-state index in [4.69, 9.17) is 16.3 Å². The number of alkyl halides is 2. The third-order valence-corrected chi connectivity index (χ3v) is 3.62. The van der Waals surface area contributed by atoms with Crippen LogP contribution in [0, 0.1) is 0 Å². The fraction of sp³-hybridized carbons (Fsp3) is 0.500. The van der Waals surface area contributed by atoms with Crippen LogP contribution in [0.1, 0.15) is 6.92 Å². The summed E-state index contributed by atoms with van der Waals surface area (Å²) in [5, 5.41) is 2.67. The predicted molar refractivity (Wildman–Crippen MR) is 78.6 cm³/mol. The van der Waals surface area contributed by atoms with Crippen LogP contribution in [0.2, 0.25) is 5.02 Å². The average molecular weight is 335 g/mol. The van der Waals surface area contributed by atoms with E-state index in [1.807, 2.05) is 6.92 Å². The van der Waals surface area contributed by atoms with Crippen molar-refractivity contribution in [3.63, 3.8) is 0 Å². The Labute approximate surface area is 132 Å². The molecule has 0 aliphatic carbocycles. The van der Waals surface area contributed by atoms with Crippen LogP contribution >= 0.6 is 11.6 Å². The van der Waals surface area contributed by atoms with Gasteiger partial charge in [-0.15, -0.1) is 0 Å². The molecule has 0 radical (unpaired) electrons. The van der Waals surface area contributed by atoms with Gasteiger partial charge >= 0.3 is 6.61 Å². The molecule has 1 aromatic rings. The number of carbonyl (C=O) groups excluding carboxylic acids is 1. The van der Waals surface area contributed by atoms with Gasteiger partial charge in [0.15, 0.2) is 0 Å². The summed E-state index contributed by atoms with van der Waals surface area (Å²) in [6.07, 6.45) is -0.594. The number of benzene rings is 1. The Kier molecular flexibility index (Phi) is 5.93. The number of ether oxygens (including phenoxy) is 2. The molecule has 5 nitrogen and oxygen atoms in total. The van der Waals surface area contributed by atoms with E-state index in [1.54, 1.807) is 0 Å². The number of amides is 1. The number of hydrogen-bond donors (Lipinski definition) is 1. The normalized spacial score (nSPS) is 19.2. The zero-order chi connectivity index (χ0) is 16.1. The molecule has 22 heavy (non-hydrogen) atoms. The summed E-state index contributed by atoms with van der Waals surface area (Å²) in [4.78, 5) is 14.3. The third-order valence-electron chi connectivity index (χ3n) is 3.31. The Hall–Kier alpha value is -1.44. The summed E-state index contributed by atoms with van der Waals surface area (Å²) in [5.74, 6) is -0.516. The molecule has 122 valence electrons. The van der Waals surface area contributed by atoms with Crippen LogP contribution in [0.4, 0.5) is 14.5 Å². The maximum atomic E-state index is 12.3. The molecule has 1 atom stereocenters. The molecule has 1 heterocycles. The van der Waals surface area contributed by atoms with Gasteiger partial charge in [-0.3, -0.25) is 9.69 Å². The van der Waals surface area contributed by atoms with Gasteiger partial charge in [-0.25, -0.2) is 0 Å². The maximum Gasteiger partial charge on any atom is 0.387 e. The van der Waals surface area contributed by atoms with Gasteiger partial charge in [0.2, 0.25) is 0 Å². The number of rotatable bonds is 5. The smallest absolute Gasteiger partial charge is 0.387 e. The second kappa shape index (κ2) is 7.71. The third kappa shape index (κ3) is 4.53. The molecule has 1 saturated heterocycles. The largest absolute Gasteiger partial charge is 0.433 e. The van der Waals surface area contributed by atoms with Crippen molar-refractivity contribution in [1.82, 2.24) is 4.90 Å². The van der Waals surface area contributed by atoms with Crippen LogP contribution in [-0.4, -0.2) is 49.8 Å². The van der Waals surface area contributed by atoms with Crippen molar-refractivity contribution in [2.75, 3.05) is 31.6 Å². The average Bonchev–Trinajstić information content (AvgIpc) is 2.50. The molecule has 0 bridgehead atoms. The molecule has 0 spiro atoms. The van der Waals surface area contributed by atoms with E-state index >= 15 is 0 Å². The Balaban J connectivity index is 2.02. The second-order valence-electron chi connectivity index (χ2n) is 4.77. The summed E-state index contributed by atoms with van der Waals surface area (Å²) in [5.41, 5.74) is 0.322. The van der Waals surface area contributed by atoms with Gasteiger partial charge in [-0.1, -0.05) is 18.5 Å². The summed E-state index contributed by atoms with van der Waals surface area (Å²) >= 11 is 5.76. The minimum Gasteiger partial charge on any atom is -0.433 e. The molecule has 1 aliphatic heterocycles. The first kappa shape index (κ1) is 16.9. The molecule has 1 aliphatic rings. The first-order valence-corrected chi connectivity index (χ1v) is 7.26. The molecule has 2 rings (SSSR count). The summed E-state index contributed by atoms with van der Waals surface area (Å²) in [6, 6.07) is 4.15. The second-order valence-corrected chi connectivity index (χ2v) is 5.17. The van der Waals surface area contributed by atoms with Crippen molar-refractivity contribution in [2.24, 2.45) is 0 Å². The lowest BCUT2D eigenvalue weighted by Crippen LogP contribution is -2.47. The molecule has 0 saturated carbocycles. The van der Waals surface area contributed by atoms with Crippen LogP contribution in [-0.2, 0) is 9.53 Å². The predicted octanol–water partition coefficient (Wildman–Crippen LogP) is 2.60. The first-order valence-electron chi connectivity index (χ1n) is 6.88. The molecule has 1 aromatic carbocycles. The molecule has 0 unspecified atom stereocenters. The number of nitrogens with one attached hydrogen (secondary N) is 1. The number of anilines is 1. The number of halogens is 3. The van der Waals surface area contributed by atoms with Gasteiger partial charge in [-0.2, -0.15) is 8.78 Å². The minimum atomic E-state index is -2.98. The van der Waals surface area contributed by atoms with Gasteiger partial charge in [-0.05, 0) is 18.7 Å². The highest BCUT2D eigenvalue weighted by Crippen LogP contribution is 2.29. The first-order chi connectivity index (χ1) is 10.5. The number of likely N-dealkylation sites (N-methyl/N-ethyl adjacent to an activating group) is 1. The topological polar surface area (TPSA) is 50.8 Å². The van der Waals surface area contributed by atoms with E-state index in [1.165, 1.54) is 18.2 Å². The van der Waals surface area contributed by atoms with E-state index in [0.29, 0.717) is 18.8 Å². The van der Waals surface area contributed by atoms with Gasteiger partial charge in [0.05, 0.1) is 11.6 Å². The summed E-state index contributed by atoms with van der Waals surface area (Å²) in [6.45, 7) is 1.62. The van der Waals surface area contributed by atoms with Crippen molar-refractivity contribution in [3.8, 4) is 5.75 Å². The molecular weight excluding hydrogens is 318 g/mol. The van der Waals surface area contributed by atoms with Crippen LogP contribution < -0.4 is 10.1 Å². The standard InChI is InChI=1S/C14H17ClF2N2O3/c1-2-19-5-6-21-12(8-19)13(20)18-9-3-4-10(15)11(7-9)22-14(16)17/h3-4,7,12,14H,2,5-6,8H2,1H3,(H,18,20)/t12-/m1/s1. The van der Waals surface area contributed by atoms with E-state index in [9.17, 15) is 13.6 Å². The van der Waals surface area contributed by atoms with Gasteiger partial charge in [0.1, 0.15) is 11.9 Å². The lowest BCUT2D eigenvalue weighted by Gasteiger charge is -2.31. The molecular formula is C14H17ClF2N2O3. The van der Waals surface area contributed by atoms with Crippen molar-refractivity contribution < 1.29 is 23.0 Å². The van der Waals surface area contributed by atoms with E-state index in [0.717, 1.165) is 13.1 Å². The van der Waals surface area contributed by atoms with Crippen LogP contribution in [0.15, 0.2) is 18.2 Å². The Bertz CT molecular complexity index is 531. The van der Waals surface area contributed by atoms with Crippen LogP contribution in [0.25, 0.3) is 0 Å². The van der Waals surface area contributed by atoms with E-state index in [2.05, 4.69) is 15.0 Å². The monoisotopic (exact) mass is 334 g/mol. The van der Waals surface area contributed by atoms with Crippen molar-refractivity contribution >= 4 is 23.2 Å². The van der Waals surface area contributed by atoms with Gasteiger partial charge in [0, 0.05) is 24.8 Å². The Morgan fingerprint density at radius 3 is 3.05 bits per heavy atom. The summed E-state index contributed by atoms with van der Waals surface area (Å²) < 4.78 is 34.3. The van der Waals surface area contributed by atoms with Gasteiger partial charge in [0.25, 0.3) is 5.91 Å². The van der Waals surface area contributed by atoms with E-state index in [-0.39, 0.29) is 16.7 Å². The van der Waals surface area contributed by atoms with Crippen LogP contribution in [0.5, 0.6) is 5.75 Å². The number of nitrogens with zero attached hydrogens (tertiary/aromatic N) is 1. The zero-order valence-electron chi connectivity index (χ0n) is 12.0.